The zero-order valence-electron chi connectivity index (χ0n) is 19.9. The maximum absolute atomic E-state index is 15.2. The van der Waals surface area contributed by atoms with Crippen LogP contribution in [0.4, 0.5) is 26.3 Å². The lowest BCUT2D eigenvalue weighted by Crippen LogP contribution is -2.19. The first-order valence-corrected chi connectivity index (χ1v) is 12.1. The van der Waals surface area contributed by atoms with Gasteiger partial charge in [0, 0.05) is 19.1 Å². The average molecular weight is 511 g/mol. The Morgan fingerprint density at radius 2 is 1.56 bits per heavy atom. The first kappa shape index (κ1) is 26.3. The van der Waals surface area contributed by atoms with Crippen molar-refractivity contribution in [3.8, 4) is 5.75 Å². The summed E-state index contributed by atoms with van der Waals surface area (Å²) in [5.74, 6) is -3.67. The van der Waals surface area contributed by atoms with Crippen LogP contribution in [0.2, 0.25) is 0 Å². The van der Waals surface area contributed by atoms with E-state index in [0.717, 1.165) is 56.2 Å². The molecule has 3 aromatic carbocycles. The van der Waals surface area contributed by atoms with Crippen molar-refractivity contribution in [2.24, 2.45) is 5.92 Å². The summed E-state index contributed by atoms with van der Waals surface area (Å²) in [5.41, 5.74) is 1.67. The molecule has 1 fully saturated rings. The number of rotatable bonds is 8. The fourth-order valence-corrected chi connectivity index (χ4v) is 5.12. The molecule has 0 aromatic heterocycles. The van der Waals surface area contributed by atoms with Crippen molar-refractivity contribution in [2.75, 3.05) is 13.7 Å². The van der Waals surface area contributed by atoms with E-state index in [4.69, 9.17) is 4.74 Å². The fraction of sp³-hybridized carbons (Fsp3) is 0.429. The van der Waals surface area contributed by atoms with Crippen LogP contribution < -0.4 is 4.74 Å². The van der Waals surface area contributed by atoms with Gasteiger partial charge in [0.05, 0.1) is 0 Å². The first-order chi connectivity index (χ1) is 17.1. The van der Waals surface area contributed by atoms with Crippen LogP contribution in [0.15, 0.2) is 42.5 Å². The Morgan fingerprint density at radius 1 is 0.861 bits per heavy atom. The highest BCUT2D eigenvalue weighted by molar-refractivity contribution is 5.84. The molecule has 0 radical (unpaired) electrons. The van der Waals surface area contributed by atoms with Gasteiger partial charge < -0.3 is 9.47 Å². The Kier molecular flexibility index (Phi) is 8.13. The minimum absolute atomic E-state index is 0.0486. The number of halogens is 6. The van der Waals surface area contributed by atoms with Crippen molar-refractivity contribution in [2.45, 2.75) is 57.2 Å². The summed E-state index contributed by atoms with van der Waals surface area (Å²) in [6.07, 6.45) is 0.565. The number of aryl methyl sites for hydroxylation is 2. The number of fused-ring (bicyclic) bond motifs is 1. The summed E-state index contributed by atoms with van der Waals surface area (Å²) in [5, 5.41) is 1.26. The standard InChI is InChI=1S/C28H28F6O2/c1-35-13-12-17-2-5-19(6-3-17)21-10-11-23-22(16-21)9-8-20(26(23)31)7-4-18-14-24(29)27(25(30)15-18)36-28(32,33)34/h8-11,14-17,19H,2-7,12-13H2,1H3. The molecule has 2 nitrogen and oxygen atoms in total. The molecule has 8 heteroatoms. The molecule has 0 unspecified atom stereocenters. The normalized spacial score (nSPS) is 18.5. The molecule has 1 aliphatic carbocycles. The Balaban J connectivity index is 1.44. The molecule has 0 bridgehead atoms. The van der Waals surface area contributed by atoms with Crippen LogP contribution in [0, 0.1) is 23.4 Å². The highest BCUT2D eigenvalue weighted by Crippen LogP contribution is 2.38. The van der Waals surface area contributed by atoms with Gasteiger partial charge in [-0.25, -0.2) is 13.2 Å². The van der Waals surface area contributed by atoms with Gasteiger partial charge in [-0.2, -0.15) is 0 Å². The molecule has 36 heavy (non-hydrogen) atoms. The Morgan fingerprint density at radius 3 is 2.19 bits per heavy atom. The molecule has 3 aromatic rings. The van der Waals surface area contributed by atoms with Crippen LogP contribution in [0.3, 0.4) is 0 Å². The Labute approximate surface area is 206 Å². The summed E-state index contributed by atoms with van der Waals surface area (Å²) in [6.45, 7) is 0.786. The topological polar surface area (TPSA) is 18.5 Å². The Bertz CT molecular complexity index is 1180. The van der Waals surface area contributed by atoms with Crippen molar-refractivity contribution in [1.29, 1.82) is 0 Å². The summed E-state index contributed by atoms with van der Waals surface area (Å²) >= 11 is 0. The van der Waals surface area contributed by atoms with E-state index in [0.29, 0.717) is 22.8 Å². The van der Waals surface area contributed by atoms with Crippen molar-refractivity contribution in [3.63, 3.8) is 0 Å². The van der Waals surface area contributed by atoms with E-state index in [-0.39, 0.29) is 18.4 Å². The number of methoxy groups -OCH3 is 1. The second-order valence-corrected chi connectivity index (χ2v) is 9.45. The van der Waals surface area contributed by atoms with Crippen molar-refractivity contribution in [1.82, 2.24) is 0 Å². The van der Waals surface area contributed by atoms with Crippen molar-refractivity contribution in [3.05, 3.63) is 76.6 Å². The second-order valence-electron chi connectivity index (χ2n) is 9.45. The van der Waals surface area contributed by atoms with E-state index in [2.05, 4.69) is 4.74 Å². The first-order valence-electron chi connectivity index (χ1n) is 12.1. The molecule has 0 amide bonds. The highest BCUT2D eigenvalue weighted by Gasteiger charge is 2.34. The van der Waals surface area contributed by atoms with Gasteiger partial charge in [-0.15, -0.1) is 13.2 Å². The molecule has 0 heterocycles. The molecular weight excluding hydrogens is 482 g/mol. The number of hydrogen-bond donors (Lipinski definition) is 0. The number of hydrogen-bond acceptors (Lipinski definition) is 2. The van der Waals surface area contributed by atoms with Crippen LogP contribution in [0.25, 0.3) is 10.8 Å². The van der Waals surface area contributed by atoms with E-state index in [9.17, 15) is 22.0 Å². The molecule has 0 aliphatic heterocycles. The fourth-order valence-electron chi connectivity index (χ4n) is 5.12. The minimum atomic E-state index is -5.21. The van der Waals surface area contributed by atoms with Gasteiger partial charge in [0.2, 0.25) is 5.75 Å². The van der Waals surface area contributed by atoms with Crippen LogP contribution in [-0.2, 0) is 17.6 Å². The molecule has 1 saturated carbocycles. The van der Waals surface area contributed by atoms with Gasteiger partial charge in [0.1, 0.15) is 5.82 Å². The van der Waals surface area contributed by atoms with E-state index >= 15 is 4.39 Å². The maximum Gasteiger partial charge on any atom is 0.573 e. The number of benzene rings is 3. The zero-order chi connectivity index (χ0) is 25.9. The van der Waals surface area contributed by atoms with Crippen LogP contribution >= 0.6 is 0 Å². The quantitative estimate of drug-likeness (QED) is 0.284. The molecule has 1 aliphatic rings. The molecule has 0 saturated heterocycles. The number of ether oxygens (including phenoxy) is 2. The third-order valence-corrected chi connectivity index (χ3v) is 7.07. The van der Waals surface area contributed by atoms with Gasteiger partial charge in [-0.05, 0) is 91.0 Å². The van der Waals surface area contributed by atoms with Crippen molar-refractivity contribution < 1.29 is 35.8 Å². The average Bonchev–Trinajstić information content (AvgIpc) is 2.84. The van der Waals surface area contributed by atoms with Gasteiger partial charge in [-0.1, -0.05) is 30.3 Å². The van der Waals surface area contributed by atoms with Crippen LogP contribution in [0.1, 0.15) is 54.7 Å². The molecule has 4 rings (SSSR count). The molecule has 194 valence electrons. The lowest BCUT2D eigenvalue weighted by atomic mass is 9.77. The third kappa shape index (κ3) is 6.33. The van der Waals surface area contributed by atoms with Gasteiger partial charge >= 0.3 is 6.36 Å². The van der Waals surface area contributed by atoms with Gasteiger partial charge in [0.15, 0.2) is 11.6 Å². The lowest BCUT2D eigenvalue weighted by molar-refractivity contribution is -0.276. The third-order valence-electron chi connectivity index (χ3n) is 7.07. The van der Waals surface area contributed by atoms with E-state index in [1.807, 2.05) is 18.2 Å². The molecule has 0 N–H and O–H groups in total. The SMILES string of the molecule is COCCC1CCC(c2ccc3c(F)c(CCc4cc(F)c(OC(F)(F)F)c(F)c4)ccc3c2)CC1. The van der Waals surface area contributed by atoms with Gasteiger partial charge in [-0.3, -0.25) is 0 Å². The zero-order valence-corrected chi connectivity index (χ0v) is 19.9. The lowest BCUT2D eigenvalue weighted by Gasteiger charge is -2.29. The largest absolute Gasteiger partial charge is 0.573 e. The van der Waals surface area contributed by atoms with Crippen LogP contribution in [-0.4, -0.2) is 20.1 Å². The minimum Gasteiger partial charge on any atom is -0.399 e. The molecular formula is C28H28F6O2. The smallest absolute Gasteiger partial charge is 0.399 e. The van der Waals surface area contributed by atoms with Crippen molar-refractivity contribution >= 4 is 10.8 Å². The Hall–Kier alpha value is -2.74. The van der Waals surface area contributed by atoms with E-state index < -0.39 is 29.6 Å². The van der Waals surface area contributed by atoms with E-state index in [1.54, 1.807) is 19.2 Å². The second kappa shape index (κ2) is 11.1. The number of alkyl halides is 3. The monoisotopic (exact) mass is 510 g/mol. The maximum atomic E-state index is 15.2. The van der Waals surface area contributed by atoms with Crippen LogP contribution in [0.5, 0.6) is 5.75 Å². The predicted octanol–water partition coefficient (Wildman–Crippen LogP) is 8.25. The molecule has 0 atom stereocenters. The van der Waals surface area contributed by atoms with Gasteiger partial charge in [0.25, 0.3) is 0 Å². The predicted molar refractivity (Wildman–Crippen MR) is 126 cm³/mol. The summed E-state index contributed by atoms with van der Waals surface area (Å²) in [6, 6.07) is 10.8. The highest BCUT2D eigenvalue weighted by atomic mass is 19.4. The van der Waals surface area contributed by atoms with E-state index in [1.165, 1.54) is 5.56 Å². The summed E-state index contributed by atoms with van der Waals surface area (Å²) in [4.78, 5) is 0. The summed E-state index contributed by atoms with van der Waals surface area (Å²) < 4.78 is 88.8. The summed E-state index contributed by atoms with van der Waals surface area (Å²) in [7, 11) is 1.72. The molecule has 0 spiro atoms.